The summed E-state index contributed by atoms with van der Waals surface area (Å²) in [6.07, 6.45) is -4.02. The second-order valence-electron chi connectivity index (χ2n) is 7.89. The van der Waals surface area contributed by atoms with Gasteiger partial charge in [0.25, 0.3) is 0 Å². The third-order valence-corrected chi connectivity index (χ3v) is 5.67. The highest BCUT2D eigenvalue weighted by Crippen LogP contribution is 2.28. The Bertz CT molecular complexity index is 978. The Hall–Kier alpha value is -2.32. The minimum Gasteiger partial charge on any atom is -0.394 e. The Kier molecular flexibility index (Phi) is 7.86. The van der Waals surface area contributed by atoms with Crippen LogP contribution in [0.25, 0.3) is 10.8 Å². The third kappa shape index (κ3) is 5.35. The van der Waals surface area contributed by atoms with Crippen molar-refractivity contribution in [2.75, 3.05) is 13.2 Å². The summed E-state index contributed by atoms with van der Waals surface area (Å²) in [5.41, 5.74) is 1.97. The number of fused-ring (bicyclic) bond motifs is 1. The molecule has 0 bridgehead atoms. The van der Waals surface area contributed by atoms with E-state index in [1.807, 2.05) is 55.5 Å². The Morgan fingerprint density at radius 3 is 2.22 bits per heavy atom. The quantitative estimate of drug-likeness (QED) is 0.533. The topological polar surface area (TPSA) is 77.4 Å². The van der Waals surface area contributed by atoms with Crippen LogP contribution in [-0.2, 0) is 32.2 Å². The molecule has 0 saturated carbocycles. The number of ether oxygens (including phenoxy) is 4. The summed E-state index contributed by atoms with van der Waals surface area (Å²) in [4.78, 5) is 0. The van der Waals surface area contributed by atoms with Crippen molar-refractivity contribution in [1.82, 2.24) is 0 Å². The maximum Gasteiger partial charge on any atom is 0.186 e. The van der Waals surface area contributed by atoms with Crippen molar-refractivity contribution >= 4 is 10.8 Å². The van der Waals surface area contributed by atoms with Crippen molar-refractivity contribution in [1.29, 1.82) is 0 Å². The molecule has 2 N–H and O–H groups in total. The van der Waals surface area contributed by atoms with Crippen LogP contribution in [0.1, 0.15) is 18.1 Å². The van der Waals surface area contributed by atoms with E-state index in [2.05, 4.69) is 24.3 Å². The van der Waals surface area contributed by atoms with Gasteiger partial charge in [0.15, 0.2) is 6.29 Å². The van der Waals surface area contributed by atoms with Gasteiger partial charge in [-0.05, 0) is 34.9 Å². The van der Waals surface area contributed by atoms with Crippen LogP contribution < -0.4 is 0 Å². The van der Waals surface area contributed by atoms with Crippen molar-refractivity contribution in [3.8, 4) is 0 Å². The summed E-state index contributed by atoms with van der Waals surface area (Å²) >= 11 is 0. The van der Waals surface area contributed by atoms with Gasteiger partial charge in [-0.2, -0.15) is 0 Å². The number of hydrogen-bond donors (Lipinski definition) is 2. The van der Waals surface area contributed by atoms with Crippen molar-refractivity contribution in [3.05, 3.63) is 83.9 Å². The monoisotopic (exact) mass is 438 g/mol. The van der Waals surface area contributed by atoms with Crippen LogP contribution in [0, 0.1) is 0 Å². The first-order chi connectivity index (χ1) is 15.7. The molecule has 1 aliphatic heterocycles. The second-order valence-corrected chi connectivity index (χ2v) is 7.89. The van der Waals surface area contributed by atoms with E-state index in [1.54, 1.807) is 0 Å². The van der Waals surface area contributed by atoms with E-state index in [0.29, 0.717) is 13.2 Å². The molecule has 0 unspecified atom stereocenters. The van der Waals surface area contributed by atoms with E-state index in [0.717, 1.165) is 21.9 Å². The molecule has 32 heavy (non-hydrogen) atoms. The first-order valence-electron chi connectivity index (χ1n) is 11.0. The highest BCUT2D eigenvalue weighted by Gasteiger charge is 2.47. The van der Waals surface area contributed by atoms with Crippen molar-refractivity contribution in [2.24, 2.45) is 0 Å². The van der Waals surface area contributed by atoms with Gasteiger partial charge in [0.05, 0.1) is 19.8 Å². The van der Waals surface area contributed by atoms with Crippen molar-refractivity contribution in [2.45, 2.75) is 50.8 Å². The largest absolute Gasteiger partial charge is 0.394 e. The SMILES string of the molecule is CCO[C@H]1O[C@H](CO)[C@@H](OCc2ccccc2)[C@H](OCc2ccc3ccccc3c2)[C@@H]1O. The Morgan fingerprint density at radius 1 is 0.781 bits per heavy atom. The van der Waals surface area contributed by atoms with Crippen molar-refractivity contribution in [3.63, 3.8) is 0 Å². The van der Waals surface area contributed by atoms with Gasteiger partial charge in [0.2, 0.25) is 0 Å². The van der Waals surface area contributed by atoms with Crippen LogP contribution in [-0.4, -0.2) is 54.1 Å². The zero-order valence-electron chi connectivity index (χ0n) is 18.2. The zero-order valence-corrected chi connectivity index (χ0v) is 18.2. The molecule has 0 radical (unpaired) electrons. The molecule has 4 rings (SSSR count). The molecule has 6 nitrogen and oxygen atoms in total. The molecular formula is C26H30O6. The van der Waals surface area contributed by atoms with Gasteiger partial charge in [-0.25, -0.2) is 0 Å². The minimum atomic E-state index is -1.06. The lowest BCUT2D eigenvalue weighted by molar-refractivity contribution is -0.316. The minimum absolute atomic E-state index is 0.272. The third-order valence-electron chi connectivity index (χ3n) is 5.67. The fourth-order valence-electron chi connectivity index (χ4n) is 4.02. The molecule has 1 heterocycles. The van der Waals surface area contributed by atoms with Gasteiger partial charge in [-0.3, -0.25) is 0 Å². The summed E-state index contributed by atoms with van der Waals surface area (Å²) in [6.45, 7) is 2.52. The highest BCUT2D eigenvalue weighted by molar-refractivity contribution is 5.82. The molecule has 3 aromatic carbocycles. The van der Waals surface area contributed by atoms with Crippen LogP contribution >= 0.6 is 0 Å². The highest BCUT2D eigenvalue weighted by atomic mass is 16.7. The Labute approximate surface area is 188 Å². The predicted molar refractivity (Wildman–Crippen MR) is 121 cm³/mol. The van der Waals surface area contributed by atoms with Gasteiger partial charge in [0, 0.05) is 6.61 Å². The average molecular weight is 439 g/mol. The molecule has 170 valence electrons. The van der Waals surface area contributed by atoms with Gasteiger partial charge < -0.3 is 29.2 Å². The maximum atomic E-state index is 11.0. The molecule has 6 heteroatoms. The predicted octanol–water partition coefficient (Wildman–Crippen LogP) is 3.43. The maximum absolute atomic E-state index is 11.0. The molecule has 0 aliphatic carbocycles. The smallest absolute Gasteiger partial charge is 0.186 e. The lowest BCUT2D eigenvalue weighted by Gasteiger charge is -2.43. The summed E-state index contributed by atoms with van der Waals surface area (Å²) in [6, 6.07) is 24.0. The molecule has 0 spiro atoms. The van der Waals surface area contributed by atoms with Crippen LogP contribution in [0.4, 0.5) is 0 Å². The van der Waals surface area contributed by atoms with E-state index >= 15 is 0 Å². The zero-order chi connectivity index (χ0) is 22.3. The van der Waals surface area contributed by atoms with Crippen LogP contribution in [0.3, 0.4) is 0 Å². The molecule has 1 saturated heterocycles. The fourth-order valence-corrected chi connectivity index (χ4v) is 4.02. The van der Waals surface area contributed by atoms with Gasteiger partial charge >= 0.3 is 0 Å². The number of benzene rings is 3. The molecule has 1 aliphatic rings. The Morgan fingerprint density at radius 2 is 1.47 bits per heavy atom. The number of hydrogen-bond acceptors (Lipinski definition) is 6. The summed E-state index contributed by atoms with van der Waals surface area (Å²) in [5, 5.41) is 23.2. The summed E-state index contributed by atoms with van der Waals surface area (Å²) < 4.78 is 23.7. The van der Waals surface area contributed by atoms with Gasteiger partial charge in [-0.1, -0.05) is 66.7 Å². The molecule has 0 aromatic heterocycles. The number of aliphatic hydroxyl groups is 2. The molecule has 5 atom stereocenters. The average Bonchev–Trinajstić information content (AvgIpc) is 2.84. The lowest BCUT2D eigenvalue weighted by atomic mass is 9.98. The van der Waals surface area contributed by atoms with Gasteiger partial charge in [0.1, 0.15) is 24.4 Å². The first kappa shape index (κ1) is 22.9. The standard InChI is InChI=1S/C26H30O6/c1-2-29-26-23(28)25(31-17-19-12-13-20-10-6-7-11-21(20)14-19)24(22(15-27)32-26)30-16-18-8-4-3-5-9-18/h3-14,22-28H,2,15-17H2,1H3/t22-,23+,24-,25-,26+/m1/s1. The van der Waals surface area contributed by atoms with E-state index < -0.39 is 30.7 Å². The molecule has 3 aromatic rings. The first-order valence-corrected chi connectivity index (χ1v) is 11.0. The van der Waals surface area contributed by atoms with Crippen LogP contribution in [0.15, 0.2) is 72.8 Å². The molecular weight excluding hydrogens is 408 g/mol. The van der Waals surface area contributed by atoms with Crippen LogP contribution in [0.2, 0.25) is 0 Å². The van der Waals surface area contributed by atoms with E-state index in [9.17, 15) is 10.2 Å². The number of rotatable bonds is 9. The lowest BCUT2D eigenvalue weighted by Crippen LogP contribution is -2.60. The number of aliphatic hydroxyl groups excluding tert-OH is 2. The Balaban J connectivity index is 1.52. The van der Waals surface area contributed by atoms with E-state index in [1.165, 1.54) is 0 Å². The van der Waals surface area contributed by atoms with E-state index in [-0.39, 0.29) is 13.2 Å². The van der Waals surface area contributed by atoms with E-state index in [4.69, 9.17) is 18.9 Å². The normalized spacial score (nSPS) is 25.8. The summed E-state index contributed by atoms with van der Waals surface area (Å²) in [7, 11) is 0. The molecule has 0 amide bonds. The van der Waals surface area contributed by atoms with Gasteiger partial charge in [-0.15, -0.1) is 0 Å². The second kappa shape index (κ2) is 11.0. The van der Waals surface area contributed by atoms with Crippen LogP contribution in [0.5, 0.6) is 0 Å². The fraction of sp³-hybridized carbons (Fsp3) is 0.385. The summed E-state index contributed by atoms with van der Waals surface area (Å²) in [5.74, 6) is 0. The van der Waals surface area contributed by atoms with Crippen molar-refractivity contribution < 1.29 is 29.2 Å². The molecule has 1 fully saturated rings.